The molecule has 0 saturated heterocycles. The van der Waals surface area contributed by atoms with Gasteiger partial charge in [0.15, 0.2) is 11.6 Å². The lowest BCUT2D eigenvalue weighted by atomic mass is 10.1. The normalized spacial score (nSPS) is 24.2. The Hall–Kier alpha value is -1.06. The summed E-state index contributed by atoms with van der Waals surface area (Å²) in [4.78, 5) is 4.48. The first kappa shape index (κ1) is 23.2. The second kappa shape index (κ2) is 13.2. The van der Waals surface area contributed by atoms with Crippen molar-refractivity contribution in [1.29, 1.82) is 0 Å². The Morgan fingerprint density at radius 2 is 1.36 bits per heavy atom. The van der Waals surface area contributed by atoms with Gasteiger partial charge in [-0.1, -0.05) is 27.7 Å². The number of H-pyrrole nitrogens is 1. The van der Waals surface area contributed by atoms with E-state index in [-0.39, 0.29) is 12.2 Å². The van der Waals surface area contributed by atoms with Crippen LogP contribution in [0.4, 0.5) is 0 Å². The molecule has 0 saturated carbocycles. The lowest BCUT2D eigenvalue weighted by Crippen LogP contribution is -2.24. The molecule has 0 fully saturated rings. The van der Waals surface area contributed by atoms with Crippen molar-refractivity contribution in [3.05, 3.63) is 11.6 Å². The number of rotatable bonds is 4. The molecule has 1 aromatic rings. The summed E-state index contributed by atoms with van der Waals surface area (Å²) >= 11 is 0. The Labute approximate surface area is 168 Å². The zero-order valence-corrected chi connectivity index (χ0v) is 17.8. The van der Waals surface area contributed by atoms with Crippen molar-refractivity contribution in [1.82, 2.24) is 15.2 Å². The molecule has 0 unspecified atom stereocenters. The highest BCUT2D eigenvalue weighted by Crippen LogP contribution is 2.13. The van der Waals surface area contributed by atoms with Gasteiger partial charge in [0.25, 0.3) is 0 Å². The van der Waals surface area contributed by atoms with Gasteiger partial charge >= 0.3 is 0 Å². The molecular formula is C20H37N3O5. The molecule has 2 atom stereocenters. The van der Waals surface area contributed by atoms with E-state index in [2.05, 4.69) is 42.9 Å². The van der Waals surface area contributed by atoms with Gasteiger partial charge in [0.05, 0.1) is 51.8 Å². The van der Waals surface area contributed by atoms with Crippen molar-refractivity contribution in [3.63, 3.8) is 0 Å². The van der Waals surface area contributed by atoms with Crippen LogP contribution >= 0.6 is 0 Å². The van der Waals surface area contributed by atoms with E-state index in [4.69, 9.17) is 23.7 Å². The molecule has 1 aromatic heterocycles. The predicted octanol–water partition coefficient (Wildman–Crippen LogP) is 2.73. The SMILES string of the molecule is CC(C)C[C@@H]1COCCOCCOC[C@@H](CC(C)C)OCc2nc(n[nH]2)CO1. The standard InChI is InChI=1S/C20H37N3O5/c1-15(2)9-17-11-25-7-5-24-6-8-26-12-18(10-16(3)4)28-14-20-21-19(13-27-17)22-23-20/h15-18H,5-14H2,1-4H3,(H,21,22,23)/t17-,18-/m1/s1. The highest BCUT2D eigenvalue weighted by atomic mass is 16.6. The first-order chi connectivity index (χ1) is 13.5. The first-order valence-corrected chi connectivity index (χ1v) is 10.4. The third kappa shape index (κ3) is 9.93. The summed E-state index contributed by atoms with van der Waals surface area (Å²) in [7, 11) is 0. The fourth-order valence-corrected chi connectivity index (χ4v) is 3.04. The number of aromatic amines is 1. The van der Waals surface area contributed by atoms with Crippen LogP contribution in [0.1, 0.15) is 52.2 Å². The van der Waals surface area contributed by atoms with Crippen LogP contribution in [-0.2, 0) is 36.9 Å². The summed E-state index contributed by atoms with van der Waals surface area (Å²) in [6.45, 7) is 12.7. The maximum atomic E-state index is 6.01. The van der Waals surface area contributed by atoms with Crippen LogP contribution in [0.5, 0.6) is 0 Å². The number of hydrogen-bond donors (Lipinski definition) is 1. The Morgan fingerprint density at radius 3 is 1.93 bits per heavy atom. The van der Waals surface area contributed by atoms with Crippen molar-refractivity contribution in [2.24, 2.45) is 11.8 Å². The molecule has 0 spiro atoms. The minimum atomic E-state index is 0.0100. The summed E-state index contributed by atoms with van der Waals surface area (Å²) in [5.74, 6) is 2.38. The van der Waals surface area contributed by atoms with Gasteiger partial charge in [-0.05, 0) is 24.7 Å². The van der Waals surface area contributed by atoms with E-state index in [9.17, 15) is 0 Å². The van der Waals surface area contributed by atoms with Crippen molar-refractivity contribution in [3.8, 4) is 0 Å². The van der Waals surface area contributed by atoms with Crippen molar-refractivity contribution >= 4 is 0 Å². The van der Waals surface area contributed by atoms with Gasteiger partial charge in [0.1, 0.15) is 13.2 Å². The second-order valence-electron chi connectivity index (χ2n) is 8.09. The van der Waals surface area contributed by atoms with Crippen LogP contribution in [0.2, 0.25) is 0 Å². The minimum Gasteiger partial charge on any atom is -0.377 e. The highest BCUT2D eigenvalue weighted by Gasteiger charge is 2.16. The summed E-state index contributed by atoms with van der Waals surface area (Å²) in [6.07, 6.45) is 1.88. The molecule has 28 heavy (non-hydrogen) atoms. The zero-order chi connectivity index (χ0) is 20.2. The van der Waals surface area contributed by atoms with Gasteiger partial charge in [0.2, 0.25) is 0 Å². The Bertz CT molecular complexity index is 481. The Balaban J connectivity index is 1.94. The molecule has 1 aliphatic heterocycles. The summed E-state index contributed by atoms with van der Waals surface area (Å²) in [5, 5.41) is 7.18. The molecule has 0 aromatic carbocycles. The Kier molecular flexibility index (Phi) is 11.0. The lowest BCUT2D eigenvalue weighted by Gasteiger charge is -2.20. The molecule has 162 valence electrons. The van der Waals surface area contributed by atoms with Gasteiger partial charge in [-0.2, -0.15) is 5.10 Å². The van der Waals surface area contributed by atoms with Gasteiger partial charge in [0, 0.05) is 0 Å². The average Bonchev–Trinajstić information content (AvgIpc) is 3.08. The summed E-state index contributed by atoms with van der Waals surface area (Å²) < 4.78 is 29.0. The number of nitrogens with zero attached hydrogens (tertiary/aromatic N) is 2. The summed E-state index contributed by atoms with van der Waals surface area (Å²) in [5.41, 5.74) is 0. The fourth-order valence-electron chi connectivity index (χ4n) is 3.04. The van der Waals surface area contributed by atoms with Crippen LogP contribution in [0.3, 0.4) is 0 Å². The third-order valence-electron chi connectivity index (χ3n) is 4.30. The molecule has 1 N–H and O–H groups in total. The summed E-state index contributed by atoms with van der Waals surface area (Å²) in [6, 6.07) is 0. The first-order valence-electron chi connectivity index (χ1n) is 10.4. The topological polar surface area (TPSA) is 87.7 Å². The van der Waals surface area contributed by atoms with Crippen molar-refractivity contribution in [2.45, 2.75) is 66.0 Å². The fraction of sp³-hybridized carbons (Fsp3) is 0.900. The zero-order valence-electron chi connectivity index (χ0n) is 17.8. The number of nitrogens with one attached hydrogen (secondary N) is 1. The van der Waals surface area contributed by atoms with Gasteiger partial charge < -0.3 is 23.7 Å². The lowest BCUT2D eigenvalue weighted by molar-refractivity contribution is -0.0612. The molecule has 8 heteroatoms. The number of ether oxygens (including phenoxy) is 5. The predicted molar refractivity (Wildman–Crippen MR) is 105 cm³/mol. The van der Waals surface area contributed by atoms with Crippen molar-refractivity contribution < 1.29 is 23.7 Å². The van der Waals surface area contributed by atoms with E-state index in [1.165, 1.54) is 0 Å². The monoisotopic (exact) mass is 399 g/mol. The van der Waals surface area contributed by atoms with Gasteiger partial charge in [-0.3, -0.25) is 5.10 Å². The molecule has 2 bridgehead atoms. The van der Waals surface area contributed by atoms with Crippen LogP contribution in [0.25, 0.3) is 0 Å². The quantitative estimate of drug-likeness (QED) is 0.833. The van der Waals surface area contributed by atoms with Crippen LogP contribution < -0.4 is 0 Å². The van der Waals surface area contributed by atoms with Crippen LogP contribution in [0, 0.1) is 11.8 Å². The molecule has 1 aliphatic rings. The van der Waals surface area contributed by atoms with Gasteiger partial charge in [-0.15, -0.1) is 0 Å². The third-order valence-corrected chi connectivity index (χ3v) is 4.30. The largest absolute Gasteiger partial charge is 0.377 e. The van der Waals surface area contributed by atoms with E-state index in [0.717, 1.165) is 12.8 Å². The van der Waals surface area contributed by atoms with Crippen molar-refractivity contribution in [2.75, 3.05) is 39.6 Å². The number of hydrogen-bond acceptors (Lipinski definition) is 7. The number of fused-ring (bicyclic) bond motifs is 2. The molecular weight excluding hydrogens is 362 g/mol. The van der Waals surface area contributed by atoms with Crippen LogP contribution in [-0.4, -0.2) is 67.0 Å². The molecule has 8 nitrogen and oxygen atoms in total. The smallest absolute Gasteiger partial charge is 0.176 e. The maximum absolute atomic E-state index is 6.01. The van der Waals surface area contributed by atoms with E-state index >= 15 is 0 Å². The number of aromatic nitrogens is 3. The van der Waals surface area contributed by atoms with E-state index in [1.807, 2.05) is 0 Å². The van der Waals surface area contributed by atoms with E-state index < -0.39 is 0 Å². The van der Waals surface area contributed by atoms with E-state index in [1.54, 1.807) is 0 Å². The van der Waals surface area contributed by atoms with Gasteiger partial charge in [-0.25, -0.2) is 4.98 Å². The molecule has 2 rings (SSSR count). The van der Waals surface area contributed by atoms with E-state index in [0.29, 0.717) is 76.3 Å². The Morgan fingerprint density at radius 1 is 0.821 bits per heavy atom. The molecule has 2 heterocycles. The highest BCUT2D eigenvalue weighted by molar-refractivity contribution is 4.87. The average molecular weight is 400 g/mol. The molecule has 0 radical (unpaired) electrons. The second-order valence-corrected chi connectivity index (χ2v) is 8.09. The van der Waals surface area contributed by atoms with Crippen LogP contribution in [0.15, 0.2) is 0 Å². The minimum absolute atomic E-state index is 0.0100. The molecule has 0 aliphatic carbocycles. The molecule has 0 amide bonds. The maximum Gasteiger partial charge on any atom is 0.176 e.